The van der Waals surface area contributed by atoms with Crippen LogP contribution in [0.1, 0.15) is 425 Å². The minimum atomic E-state index is -0.663. The summed E-state index contributed by atoms with van der Waals surface area (Å²) in [6, 6.07) is -0.540. The van der Waals surface area contributed by atoms with Crippen molar-refractivity contribution >= 4 is 11.9 Å². The Morgan fingerprint density at radius 1 is 0.341 bits per heavy atom. The van der Waals surface area contributed by atoms with Gasteiger partial charge in [-0.25, -0.2) is 0 Å². The van der Waals surface area contributed by atoms with Gasteiger partial charge in [0.15, 0.2) is 0 Å². The van der Waals surface area contributed by atoms with Crippen LogP contribution in [0.2, 0.25) is 0 Å². The van der Waals surface area contributed by atoms with Gasteiger partial charge in [-0.3, -0.25) is 9.59 Å². The molecule has 0 aromatic rings. The Bertz CT molecular complexity index is 1280. The molecule has 0 aliphatic rings. The highest BCUT2D eigenvalue weighted by Gasteiger charge is 2.20. The van der Waals surface area contributed by atoms with Gasteiger partial charge >= 0.3 is 5.97 Å². The third-order valence-electron chi connectivity index (χ3n) is 17.8. The third-order valence-corrected chi connectivity index (χ3v) is 17.8. The Morgan fingerprint density at radius 2 is 0.610 bits per heavy atom. The normalized spacial score (nSPS) is 12.6. The fourth-order valence-corrected chi connectivity index (χ4v) is 12.0. The molecule has 6 nitrogen and oxygen atoms in total. The predicted molar refractivity (Wildman–Crippen MR) is 361 cm³/mol. The number of nitrogens with one attached hydrogen (secondary N) is 1. The first-order valence-electron chi connectivity index (χ1n) is 37.6. The average Bonchev–Trinajstić information content (AvgIpc) is 3.48. The van der Waals surface area contributed by atoms with E-state index in [4.69, 9.17) is 4.74 Å². The maximum Gasteiger partial charge on any atom is 0.305 e. The largest absolute Gasteiger partial charge is 0.466 e. The molecule has 0 rings (SSSR count). The summed E-state index contributed by atoms with van der Waals surface area (Å²) >= 11 is 0. The molecule has 0 fully saturated rings. The van der Waals surface area contributed by atoms with Gasteiger partial charge in [-0.2, -0.15) is 0 Å². The number of amides is 1. The Balaban J connectivity index is 3.34. The van der Waals surface area contributed by atoms with Gasteiger partial charge in [0, 0.05) is 12.8 Å². The zero-order valence-corrected chi connectivity index (χ0v) is 55.8. The molecule has 3 N–H and O–H groups in total. The topological polar surface area (TPSA) is 95.9 Å². The minimum Gasteiger partial charge on any atom is -0.466 e. The number of aliphatic hydroxyl groups is 2. The van der Waals surface area contributed by atoms with E-state index in [0.717, 1.165) is 51.4 Å². The zero-order chi connectivity index (χ0) is 59.2. The first kappa shape index (κ1) is 80.3. The molecule has 1 amide bonds. The second-order valence-corrected chi connectivity index (χ2v) is 26.0. The highest BCUT2D eigenvalue weighted by atomic mass is 16.5. The van der Waals surface area contributed by atoms with Crippen LogP contribution in [0.15, 0.2) is 24.3 Å². The Labute approximate surface area is 513 Å². The molecular formula is C76H147NO5. The molecule has 0 spiro atoms. The smallest absolute Gasteiger partial charge is 0.305 e. The number of hydrogen-bond acceptors (Lipinski definition) is 5. The summed E-state index contributed by atoms with van der Waals surface area (Å²) in [7, 11) is 0. The van der Waals surface area contributed by atoms with Gasteiger partial charge < -0.3 is 20.3 Å². The molecule has 6 heteroatoms. The fourth-order valence-electron chi connectivity index (χ4n) is 12.0. The molecule has 0 aromatic heterocycles. The molecule has 0 bridgehead atoms. The van der Waals surface area contributed by atoms with Crippen molar-refractivity contribution < 1.29 is 24.5 Å². The maximum absolute atomic E-state index is 12.6. The molecule has 0 aromatic carbocycles. The first-order chi connectivity index (χ1) is 40.5. The summed E-state index contributed by atoms with van der Waals surface area (Å²) in [5.74, 6) is -0.0202. The number of allylic oxidation sites excluding steroid dienone is 4. The molecule has 82 heavy (non-hydrogen) atoms. The quantitative estimate of drug-likeness (QED) is 0.0320. The Kier molecular flexibility index (Phi) is 70.4. The molecule has 0 aliphatic heterocycles. The van der Waals surface area contributed by atoms with Crippen LogP contribution in [0.4, 0.5) is 0 Å². The standard InChI is InChI=1S/C76H147NO5/c1-3-5-7-9-11-13-15-17-19-20-21-31-34-37-41-44-48-52-56-60-64-68-74(79)73(72-78)77-75(80)69-65-61-57-53-49-45-42-38-35-32-29-27-25-23-22-24-26-28-30-33-36-39-43-47-51-55-59-63-67-71-82-76(81)70-66-62-58-54-50-46-40-18-16-14-12-10-8-6-4-2/h12,14,18,40,73-74,78-79H,3-11,13,15-17,19-39,41-72H2,1-2H3,(H,77,80)/b14-12-,40-18-. The van der Waals surface area contributed by atoms with Gasteiger partial charge in [0.25, 0.3) is 0 Å². The second kappa shape index (κ2) is 71.8. The van der Waals surface area contributed by atoms with Crippen LogP contribution in [0.5, 0.6) is 0 Å². The predicted octanol–water partition coefficient (Wildman–Crippen LogP) is 24.5. The van der Waals surface area contributed by atoms with Crippen molar-refractivity contribution in [2.45, 2.75) is 437 Å². The monoisotopic (exact) mass is 1150 g/mol. The second-order valence-electron chi connectivity index (χ2n) is 26.0. The molecule has 0 saturated heterocycles. The van der Waals surface area contributed by atoms with Crippen LogP contribution >= 0.6 is 0 Å². The van der Waals surface area contributed by atoms with Crippen molar-refractivity contribution in [3.63, 3.8) is 0 Å². The minimum absolute atomic E-state index is 0.00632. The van der Waals surface area contributed by atoms with Crippen LogP contribution in [0.25, 0.3) is 0 Å². The van der Waals surface area contributed by atoms with Crippen molar-refractivity contribution in [2.24, 2.45) is 0 Å². The van der Waals surface area contributed by atoms with Gasteiger partial charge in [-0.1, -0.05) is 378 Å². The summed E-state index contributed by atoms with van der Waals surface area (Å²) in [4.78, 5) is 24.6. The van der Waals surface area contributed by atoms with Gasteiger partial charge in [0.1, 0.15) is 0 Å². The van der Waals surface area contributed by atoms with Gasteiger partial charge in [-0.05, 0) is 57.8 Å². The van der Waals surface area contributed by atoms with Crippen LogP contribution in [-0.2, 0) is 14.3 Å². The molecule has 486 valence electrons. The highest BCUT2D eigenvalue weighted by molar-refractivity contribution is 5.76. The Morgan fingerprint density at radius 3 is 0.951 bits per heavy atom. The maximum atomic E-state index is 12.6. The summed E-state index contributed by atoms with van der Waals surface area (Å²) in [6.45, 7) is 4.97. The van der Waals surface area contributed by atoms with E-state index in [1.165, 1.54) is 340 Å². The lowest BCUT2D eigenvalue weighted by atomic mass is 10.0. The summed E-state index contributed by atoms with van der Waals surface area (Å²) < 4.78 is 5.49. The van der Waals surface area contributed by atoms with Crippen molar-refractivity contribution in [2.75, 3.05) is 13.2 Å². The lowest BCUT2D eigenvalue weighted by Gasteiger charge is -2.22. The summed E-state index contributed by atoms with van der Waals surface area (Å²) in [6.07, 6.45) is 91.0. The summed E-state index contributed by atoms with van der Waals surface area (Å²) in [5, 5.41) is 23.4. The van der Waals surface area contributed by atoms with Crippen molar-refractivity contribution in [3.05, 3.63) is 24.3 Å². The number of hydrogen-bond donors (Lipinski definition) is 3. The molecule has 2 atom stereocenters. The molecule has 0 aliphatic carbocycles. The molecular weight excluding hydrogens is 1010 g/mol. The average molecular weight is 1160 g/mol. The van der Waals surface area contributed by atoms with Crippen molar-refractivity contribution in [3.8, 4) is 0 Å². The van der Waals surface area contributed by atoms with Gasteiger partial charge in [0.2, 0.25) is 5.91 Å². The van der Waals surface area contributed by atoms with Crippen LogP contribution in [0, 0.1) is 0 Å². The van der Waals surface area contributed by atoms with Crippen LogP contribution < -0.4 is 5.32 Å². The highest BCUT2D eigenvalue weighted by Crippen LogP contribution is 2.20. The zero-order valence-electron chi connectivity index (χ0n) is 55.8. The Hall–Kier alpha value is -1.66. The summed E-state index contributed by atoms with van der Waals surface area (Å²) in [5.41, 5.74) is 0. The number of aliphatic hydroxyl groups excluding tert-OH is 2. The molecule has 0 heterocycles. The number of rotatable bonds is 71. The van der Waals surface area contributed by atoms with E-state index in [2.05, 4.69) is 43.5 Å². The molecule has 2 unspecified atom stereocenters. The number of unbranched alkanes of at least 4 members (excludes halogenated alkanes) is 56. The van der Waals surface area contributed by atoms with E-state index in [1.54, 1.807) is 0 Å². The van der Waals surface area contributed by atoms with E-state index in [1.807, 2.05) is 0 Å². The number of carbonyl (C=O) groups is 2. The van der Waals surface area contributed by atoms with E-state index >= 15 is 0 Å². The lowest BCUT2D eigenvalue weighted by molar-refractivity contribution is -0.143. The van der Waals surface area contributed by atoms with Crippen LogP contribution in [0.3, 0.4) is 0 Å². The number of esters is 1. The van der Waals surface area contributed by atoms with E-state index in [0.29, 0.717) is 25.9 Å². The van der Waals surface area contributed by atoms with Crippen molar-refractivity contribution in [1.82, 2.24) is 5.32 Å². The lowest BCUT2D eigenvalue weighted by Crippen LogP contribution is -2.45. The number of ether oxygens (including phenoxy) is 1. The van der Waals surface area contributed by atoms with Gasteiger partial charge in [0.05, 0.1) is 25.4 Å². The van der Waals surface area contributed by atoms with Crippen molar-refractivity contribution in [1.29, 1.82) is 0 Å². The fraction of sp³-hybridized carbons (Fsp3) is 0.921. The SMILES string of the molecule is CCCCC/C=C\C/C=C\CCCCCCCC(=O)OCCCCCCCCCCCCCCCCCCCCCCCCCCCCCCCC(=O)NC(CO)C(O)CCCCCCCCCCCCCCCCCCCCCCC. The first-order valence-corrected chi connectivity index (χ1v) is 37.6. The van der Waals surface area contributed by atoms with E-state index in [9.17, 15) is 19.8 Å². The third kappa shape index (κ3) is 67.5. The molecule has 0 saturated carbocycles. The van der Waals surface area contributed by atoms with E-state index < -0.39 is 12.1 Å². The van der Waals surface area contributed by atoms with E-state index in [-0.39, 0.29) is 18.5 Å². The van der Waals surface area contributed by atoms with Gasteiger partial charge in [-0.15, -0.1) is 0 Å². The molecule has 0 radical (unpaired) electrons. The number of carbonyl (C=O) groups excluding carboxylic acids is 2. The van der Waals surface area contributed by atoms with Crippen LogP contribution in [-0.4, -0.2) is 47.4 Å².